The van der Waals surface area contributed by atoms with E-state index in [0.29, 0.717) is 5.69 Å². The minimum atomic E-state index is -0.733. The van der Waals surface area contributed by atoms with Gasteiger partial charge in [-0.2, -0.15) is 0 Å². The number of nitrogens with one attached hydrogen (secondary N) is 1. The van der Waals surface area contributed by atoms with Crippen molar-refractivity contribution in [1.29, 1.82) is 0 Å². The second-order valence-corrected chi connectivity index (χ2v) is 8.66. The summed E-state index contributed by atoms with van der Waals surface area (Å²) >= 11 is 2.15. The van der Waals surface area contributed by atoms with Gasteiger partial charge in [-0.15, -0.1) is 0 Å². The molecule has 2 aromatic carbocycles. The minimum absolute atomic E-state index is 0.0473. The van der Waals surface area contributed by atoms with Crippen LogP contribution in [-0.2, 0) is 16.0 Å². The molecule has 154 valence electrons. The number of unbranched alkanes of at least 4 members (excludes halogenated alkanes) is 1. The first kappa shape index (κ1) is 20.6. The van der Waals surface area contributed by atoms with Gasteiger partial charge in [-0.05, 0) is 89.0 Å². The molecule has 2 aromatic rings. The lowest BCUT2D eigenvalue weighted by Crippen LogP contribution is -2.54. The highest BCUT2D eigenvalue weighted by Crippen LogP contribution is 2.30. The molecule has 30 heavy (non-hydrogen) atoms. The second-order valence-electron chi connectivity index (χ2n) is 7.41. The highest BCUT2D eigenvalue weighted by atomic mass is 127. The Balaban J connectivity index is 1.62. The van der Waals surface area contributed by atoms with Gasteiger partial charge in [-0.1, -0.05) is 19.4 Å². The first-order chi connectivity index (χ1) is 14.5. The number of hydrogen-bond donors (Lipinski definition) is 1. The molecule has 0 spiro atoms. The number of anilines is 2. The Hall–Kier alpha value is -2.68. The fourth-order valence-electron chi connectivity index (χ4n) is 3.81. The van der Waals surface area contributed by atoms with Gasteiger partial charge in [0.15, 0.2) is 0 Å². The molecule has 2 heterocycles. The van der Waals surface area contributed by atoms with Gasteiger partial charge in [0.25, 0.3) is 11.8 Å². The number of fused-ring (bicyclic) bond motifs is 1. The summed E-state index contributed by atoms with van der Waals surface area (Å²) in [7, 11) is 0. The van der Waals surface area contributed by atoms with Crippen LogP contribution < -0.4 is 15.1 Å². The van der Waals surface area contributed by atoms with Crippen molar-refractivity contribution < 1.29 is 14.4 Å². The number of rotatable bonds is 5. The van der Waals surface area contributed by atoms with Gasteiger partial charge in [0, 0.05) is 22.3 Å². The van der Waals surface area contributed by atoms with Crippen molar-refractivity contribution in [2.75, 3.05) is 22.9 Å². The third-order valence-electron chi connectivity index (χ3n) is 5.37. The molecule has 4 rings (SSSR count). The van der Waals surface area contributed by atoms with Gasteiger partial charge < -0.3 is 4.90 Å². The smallest absolute Gasteiger partial charge is 0.335 e. The number of benzene rings is 2. The zero-order valence-corrected chi connectivity index (χ0v) is 18.8. The van der Waals surface area contributed by atoms with Crippen LogP contribution in [0.3, 0.4) is 0 Å². The number of barbiturate groups is 1. The Morgan fingerprint density at radius 1 is 1.10 bits per heavy atom. The predicted octanol–water partition coefficient (Wildman–Crippen LogP) is 4.12. The maximum atomic E-state index is 13.0. The lowest BCUT2D eigenvalue weighted by molar-refractivity contribution is -0.122. The van der Waals surface area contributed by atoms with E-state index in [4.69, 9.17) is 0 Å². The van der Waals surface area contributed by atoms with Crippen molar-refractivity contribution in [3.05, 3.63) is 62.7 Å². The van der Waals surface area contributed by atoms with Gasteiger partial charge >= 0.3 is 6.03 Å². The Labute approximate surface area is 189 Å². The topological polar surface area (TPSA) is 69.7 Å². The molecule has 0 bridgehead atoms. The van der Waals surface area contributed by atoms with Crippen LogP contribution in [0.2, 0.25) is 0 Å². The maximum Gasteiger partial charge on any atom is 0.335 e. The largest absolute Gasteiger partial charge is 0.371 e. The van der Waals surface area contributed by atoms with E-state index in [-0.39, 0.29) is 5.57 Å². The molecular formula is C23H22IN3O3. The summed E-state index contributed by atoms with van der Waals surface area (Å²) in [5, 5.41) is 2.27. The molecule has 6 nitrogen and oxygen atoms in total. The third-order valence-corrected chi connectivity index (χ3v) is 6.09. The van der Waals surface area contributed by atoms with E-state index >= 15 is 0 Å². The van der Waals surface area contributed by atoms with Gasteiger partial charge in [-0.3, -0.25) is 14.9 Å². The third kappa shape index (κ3) is 3.98. The quantitative estimate of drug-likeness (QED) is 0.370. The van der Waals surface area contributed by atoms with Crippen molar-refractivity contribution in [3.8, 4) is 0 Å². The van der Waals surface area contributed by atoms with Gasteiger partial charge in [-0.25, -0.2) is 9.69 Å². The summed E-state index contributed by atoms with van der Waals surface area (Å²) in [5.74, 6) is -1.29. The molecule has 0 aromatic heterocycles. The van der Waals surface area contributed by atoms with Gasteiger partial charge in [0.05, 0.1) is 5.69 Å². The Kier molecular flexibility index (Phi) is 5.90. The molecule has 2 aliphatic rings. The molecule has 7 heteroatoms. The number of hydrogen-bond acceptors (Lipinski definition) is 4. The van der Waals surface area contributed by atoms with Crippen LogP contribution in [0, 0.1) is 3.57 Å². The van der Waals surface area contributed by atoms with Gasteiger partial charge in [0.2, 0.25) is 0 Å². The molecule has 0 atom stereocenters. The normalized spacial score (nSPS) is 17.5. The Morgan fingerprint density at radius 3 is 2.60 bits per heavy atom. The monoisotopic (exact) mass is 515 g/mol. The lowest BCUT2D eigenvalue weighted by atomic mass is 10.0. The number of urea groups is 1. The summed E-state index contributed by atoms with van der Waals surface area (Å²) in [5.41, 5.74) is 3.60. The Morgan fingerprint density at radius 2 is 1.87 bits per heavy atom. The number of amides is 4. The molecule has 1 N–H and O–H groups in total. The summed E-state index contributed by atoms with van der Waals surface area (Å²) in [6.07, 6.45) is 4.83. The maximum absolute atomic E-state index is 13.0. The van der Waals surface area contributed by atoms with Crippen molar-refractivity contribution in [1.82, 2.24) is 5.32 Å². The SMILES string of the molecule is CCCCN1CCc2cc(/C=C3\C(=O)NC(=O)N(c4ccc(I)cc4)C3=O)ccc21. The zero-order valence-electron chi connectivity index (χ0n) is 16.7. The first-order valence-electron chi connectivity index (χ1n) is 10.0. The second kappa shape index (κ2) is 8.59. The average molecular weight is 515 g/mol. The average Bonchev–Trinajstić information content (AvgIpc) is 3.13. The summed E-state index contributed by atoms with van der Waals surface area (Å²) in [6, 6.07) is 12.3. The van der Waals surface area contributed by atoms with Crippen LogP contribution in [0.15, 0.2) is 48.0 Å². The summed E-state index contributed by atoms with van der Waals surface area (Å²) in [4.78, 5) is 41.1. The fourth-order valence-corrected chi connectivity index (χ4v) is 4.17. The van der Waals surface area contributed by atoms with E-state index in [1.165, 1.54) is 11.3 Å². The van der Waals surface area contributed by atoms with Crippen molar-refractivity contribution in [2.45, 2.75) is 26.2 Å². The number of imide groups is 2. The zero-order chi connectivity index (χ0) is 21.3. The van der Waals surface area contributed by atoms with E-state index in [9.17, 15) is 14.4 Å². The van der Waals surface area contributed by atoms with E-state index in [1.807, 2.05) is 12.1 Å². The van der Waals surface area contributed by atoms with Crippen LogP contribution in [0.1, 0.15) is 30.9 Å². The molecule has 1 fully saturated rings. The fraction of sp³-hybridized carbons (Fsp3) is 0.261. The summed E-state index contributed by atoms with van der Waals surface area (Å²) in [6.45, 7) is 4.21. The molecule has 0 radical (unpaired) electrons. The van der Waals surface area contributed by atoms with Crippen molar-refractivity contribution >= 4 is 57.9 Å². The van der Waals surface area contributed by atoms with E-state index in [2.05, 4.69) is 45.8 Å². The summed E-state index contributed by atoms with van der Waals surface area (Å²) < 4.78 is 0.985. The Bertz CT molecular complexity index is 1050. The standard InChI is InChI=1S/C23H22IN3O3/c1-2-3-11-26-12-10-16-13-15(4-9-20(16)26)14-19-21(28)25-23(30)27(22(19)29)18-7-5-17(24)6-8-18/h4-9,13-14H,2-3,10-12H2,1H3,(H,25,28,30)/b19-14+. The lowest BCUT2D eigenvalue weighted by Gasteiger charge is -2.26. The molecule has 4 amide bonds. The molecule has 2 aliphatic heterocycles. The van der Waals surface area contributed by atoms with Crippen LogP contribution >= 0.6 is 22.6 Å². The molecular weight excluding hydrogens is 493 g/mol. The van der Waals surface area contributed by atoms with Crippen LogP contribution in [-0.4, -0.2) is 30.9 Å². The van der Waals surface area contributed by atoms with Crippen LogP contribution in [0.4, 0.5) is 16.2 Å². The highest BCUT2D eigenvalue weighted by Gasteiger charge is 2.36. The van der Waals surface area contributed by atoms with Crippen LogP contribution in [0.5, 0.6) is 0 Å². The predicted molar refractivity (Wildman–Crippen MR) is 125 cm³/mol. The van der Waals surface area contributed by atoms with Crippen molar-refractivity contribution in [3.63, 3.8) is 0 Å². The molecule has 0 saturated carbocycles. The minimum Gasteiger partial charge on any atom is -0.371 e. The van der Waals surface area contributed by atoms with Gasteiger partial charge in [0.1, 0.15) is 5.57 Å². The number of nitrogens with zero attached hydrogens (tertiary/aromatic N) is 2. The van der Waals surface area contributed by atoms with E-state index in [1.54, 1.807) is 30.3 Å². The molecule has 0 unspecified atom stereocenters. The van der Waals surface area contributed by atoms with E-state index < -0.39 is 17.8 Å². The molecule has 0 aliphatic carbocycles. The number of carbonyl (C=O) groups is 3. The number of carbonyl (C=O) groups excluding carboxylic acids is 3. The number of halogens is 1. The van der Waals surface area contributed by atoms with E-state index in [0.717, 1.165) is 46.4 Å². The first-order valence-corrected chi connectivity index (χ1v) is 11.1. The molecule has 1 saturated heterocycles. The van der Waals surface area contributed by atoms with Crippen molar-refractivity contribution in [2.24, 2.45) is 0 Å². The van der Waals surface area contributed by atoms with Crippen LogP contribution in [0.25, 0.3) is 6.08 Å². The highest BCUT2D eigenvalue weighted by molar-refractivity contribution is 14.1.